The van der Waals surface area contributed by atoms with Gasteiger partial charge in [0, 0.05) is 25.0 Å². The molecule has 3 aromatic carbocycles. The number of benzene rings is 3. The molecule has 0 aliphatic carbocycles. The molecule has 5 heteroatoms. The van der Waals surface area contributed by atoms with E-state index < -0.39 is 0 Å². The molecule has 0 saturated heterocycles. The minimum absolute atomic E-state index is 0.483. The van der Waals surface area contributed by atoms with Gasteiger partial charge in [-0.25, -0.2) is 4.98 Å². The Bertz CT molecular complexity index is 1370. The van der Waals surface area contributed by atoms with Gasteiger partial charge in [-0.1, -0.05) is 55.1 Å². The van der Waals surface area contributed by atoms with Crippen LogP contribution in [0.1, 0.15) is 27.8 Å². The maximum absolute atomic E-state index is 5.81. The lowest BCUT2D eigenvalue weighted by Crippen LogP contribution is -2.05. The molecule has 0 radical (unpaired) electrons. The molecule has 0 aliphatic rings. The minimum Gasteiger partial charge on any atom is -0.497 e. The smallest absolute Gasteiger partial charge is 0.144 e. The van der Waals surface area contributed by atoms with E-state index in [1.807, 2.05) is 48.8 Å². The Morgan fingerprint density at radius 3 is 2.47 bits per heavy atom. The van der Waals surface area contributed by atoms with Gasteiger partial charge in [0.2, 0.25) is 0 Å². The Hall–Kier alpha value is -4.25. The van der Waals surface area contributed by atoms with Crippen molar-refractivity contribution < 1.29 is 14.2 Å². The van der Waals surface area contributed by atoms with E-state index in [1.54, 1.807) is 20.3 Å². The van der Waals surface area contributed by atoms with Crippen LogP contribution in [-0.4, -0.2) is 30.4 Å². The van der Waals surface area contributed by atoms with E-state index in [0.29, 0.717) is 18.9 Å². The molecule has 1 heterocycles. The van der Waals surface area contributed by atoms with Gasteiger partial charge in [0.1, 0.15) is 29.7 Å². The number of hydrogen-bond donors (Lipinski definition) is 0. The SMILES string of the molecule is C=CCOc1ccc(C=Cc2cc(OC)cc(OC)c2-c2nccn2Cc2cccc(C)c2C)cc1. The Labute approximate surface area is 213 Å². The Morgan fingerprint density at radius 1 is 0.944 bits per heavy atom. The zero-order valence-electron chi connectivity index (χ0n) is 21.3. The van der Waals surface area contributed by atoms with Gasteiger partial charge in [0.05, 0.1) is 19.8 Å². The number of imidazole rings is 1. The third-order valence-electron chi connectivity index (χ3n) is 6.26. The highest BCUT2D eigenvalue weighted by atomic mass is 16.5. The molecule has 0 aliphatic heterocycles. The second-order valence-corrected chi connectivity index (χ2v) is 8.53. The first-order chi connectivity index (χ1) is 17.5. The van der Waals surface area contributed by atoms with Crippen molar-refractivity contribution in [3.8, 4) is 28.6 Å². The molecule has 0 bridgehead atoms. The van der Waals surface area contributed by atoms with Crippen molar-refractivity contribution >= 4 is 12.2 Å². The first-order valence-corrected chi connectivity index (χ1v) is 11.9. The average molecular weight is 481 g/mol. The number of methoxy groups -OCH3 is 2. The number of rotatable bonds is 10. The average Bonchev–Trinajstić information content (AvgIpc) is 3.36. The Balaban J connectivity index is 1.74. The molecule has 36 heavy (non-hydrogen) atoms. The highest BCUT2D eigenvalue weighted by Gasteiger charge is 2.18. The summed E-state index contributed by atoms with van der Waals surface area (Å²) in [7, 11) is 3.33. The first-order valence-electron chi connectivity index (χ1n) is 11.9. The van der Waals surface area contributed by atoms with Crippen LogP contribution in [0, 0.1) is 13.8 Å². The number of aryl methyl sites for hydroxylation is 1. The summed E-state index contributed by atoms with van der Waals surface area (Å²) in [5, 5.41) is 0. The number of ether oxygens (including phenoxy) is 3. The largest absolute Gasteiger partial charge is 0.497 e. The van der Waals surface area contributed by atoms with Crippen LogP contribution >= 0.6 is 0 Å². The monoisotopic (exact) mass is 480 g/mol. The van der Waals surface area contributed by atoms with E-state index in [9.17, 15) is 0 Å². The lowest BCUT2D eigenvalue weighted by molar-refractivity contribution is 0.363. The van der Waals surface area contributed by atoms with Gasteiger partial charge in [-0.2, -0.15) is 0 Å². The van der Waals surface area contributed by atoms with Crippen LogP contribution in [0.3, 0.4) is 0 Å². The molecule has 5 nitrogen and oxygen atoms in total. The van der Waals surface area contributed by atoms with E-state index in [-0.39, 0.29) is 0 Å². The fraction of sp³-hybridized carbons (Fsp3) is 0.194. The molecule has 0 atom stereocenters. The van der Waals surface area contributed by atoms with Gasteiger partial charge in [0.15, 0.2) is 0 Å². The van der Waals surface area contributed by atoms with Gasteiger partial charge >= 0.3 is 0 Å². The van der Waals surface area contributed by atoms with E-state index in [2.05, 4.69) is 55.3 Å². The second-order valence-electron chi connectivity index (χ2n) is 8.53. The van der Waals surface area contributed by atoms with Gasteiger partial charge in [-0.15, -0.1) is 0 Å². The number of aromatic nitrogens is 2. The van der Waals surface area contributed by atoms with E-state index >= 15 is 0 Å². The zero-order valence-corrected chi connectivity index (χ0v) is 21.3. The van der Waals surface area contributed by atoms with Crippen molar-refractivity contribution in [1.29, 1.82) is 0 Å². The molecular formula is C31H32N2O3. The minimum atomic E-state index is 0.483. The van der Waals surface area contributed by atoms with Gasteiger partial charge in [-0.3, -0.25) is 0 Å². The molecule has 1 aromatic heterocycles. The molecule has 4 rings (SSSR count). The zero-order chi connectivity index (χ0) is 25.5. The molecule has 4 aromatic rings. The maximum atomic E-state index is 5.81. The third kappa shape index (κ3) is 5.52. The summed E-state index contributed by atoms with van der Waals surface area (Å²) >= 11 is 0. The number of nitrogens with zero attached hydrogens (tertiary/aromatic N) is 2. The van der Waals surface area contributed by atoms with E-state index in [0.717, 1.165) is 34.0 Å². The van der Waals surface area contributed by atoms with Crippen LogP contribution < -0.4 is 14.2 Å². The summed E-state index contributed by atoms with van der Waals surface area (Å²) in [5.41, 5.74) is 6.74. The lowest BCUT2D eigenvalue weighted by Gasteiger charge is -2.17. The molecule has 0 amide bonds. The van der Waals surface area contributed by atoms with Crippen molar-refractivity contribution in [3.05, 3.63) is 107 Å². The first kappa shape index (κ1) is 24.9. The maximum Gasteiger partial charge on any atom is 0.144 e. The molecule has 0 N–H and O–H groups in total. The van der Waals surface area contributed by atoms with E-state index in [1.165, 1.54) is 16.7 Å². The highest BCUT2D eigenvalue weighted by molar-refractivity contribution is 5.83. The Morgan fingerprint density at radius 2 is 1.75 bits per heavy atom. The fourth-order valence-electron chi connectivity index (χ4n) is 4.11. The van der Waals surface area contributed by atoms with Crippen LogP contribution in [0.4, 0.5) is 0 Å². The molecule has 0 unspecified atom stereocenters. The highest BCUT2D eigenvalue weighted by Crippen LogP contribution is 2.38. The van der Waals surface area contributed by atoms with Crippen molar-refractivity contribution in [2.75, 3.05) is 20.8 Å². The topological polar surface area (TPSA) is 45.5 Å². The molecule has 0 fully saturated rings. The van der Waals surface area contributed by atoms with Gasteiger partial charge < -0.3 is 18.8 Å². The number of hydrogen-bond acceptors (Lipinski definition) is 4. The summed E-state index contributed by atoms with van der Waals surface area (Å²) < 4.78 is 19.1. The van der Waals surface area contributed by atoms with Crippen LogP contribution in [-0.2, 0) is 6.54 Å². The Kier molecular flexibility index (Phi) is 7.91. The standard InChI is InChI=1S/C31H32N2O3/c1-6-18-36-27-14-11-24(12-15-27)10-13-25-19-28(34-4)20-29(35-5)30(25)31-32-16-17-33(31)21-26-9-7-8-22(2)23(26)3/h6-17,19-20H,1,18,21H2,2-5H3. The van der Waals surface area contributed by atoms with Gasteiger partial charge in [-0.05, 0) is 59.9 Å². The fourth-order valence-corrected chi connectivity index (χ4v) is 4.11. The van der Waals surface area contributed by atoms with Crippen LogP contribution in [0.5, 0.6) is 17.2 Å². The second kappa shape index (κ2) is 11.5. The van der Waals surface area contributed by atoms with Crippen LogP contribution in [0.2, 0.25) is 0 Å². The molecule has 184 valence electrons. The van der Waals surface area contributed by atoms with Crippen LogP contribution in [0.25, 0.3) is 23.5 Å². The predicted molar refractivity (Wildman–Crippen MR) is 147 cm³/mol. The summed E-state index contributed by atoms with van der Waals surface area (Å²) in [6.45, 7) is 9.19. The predicted octanol–water partition coefficient (Wildman–Crippen LogP) is 6.97. The van der Waals surface area contributed by atoms with Crippen molar-refractivity contribution in [2.45, 2.75) is 20.4 Å². The summed E-state index contributed by atoms with van der Waals surface area (Å²) in [4.78, 5) is 4.74. The van der Waals surface area contributed by atoms with Crippen molar-refractivity contribution in [3.63, 3.8) is 0 Å². The quantitative estimate of drug-likeness (QED) is 0.182. The van der Waals surface area contributed by atoms with Crippen molar-refractivity contribution in [1.82, 2.24) is 9.55 Å². The van der Waals surface area contributed by atoms with E-state index in [4.69, 9.17) is 19.2 Å². The summed E-state index contributed by atoms with van der Waals surface area (Å²) in [6, 6.07) is 18.3. The molecular weight excluding hydrogens is 448 g/mol. The molecule has 0 saturated carbocycles. The van der Waals surface area contributed by atoms with Crippen molar-refractivity contribution in [2.24, 2.45) is 0 Å². The summed E-state index contributed by atoms with van der Waals surface area (Å²) in [6.07, 6.45) is 9.70. The lowest BCUT2D eigenvalue weighted by atomic mass is 10.0. The van der Waals surface area contributed by atoms with Crippen LogP contribution in [0.15, 0.2) is 79.6 Å². The molecule has 0 spiro atoms. The summed E-state index contributed by atoms with van der Waals surface area (Å²) in [5.74, 6) is 3.07. The van der Waals surface area contributed by atoms with Gasteiger partial charge in [0.25, 0.3) is 0 Å². The third-order valence-corrected chi connectivity index (χ3v) is 6.26. The normalized spacial score (nSPS) is 11.0.